The van der Waals surface area contributed by atoms with Crippen molar-refractivity contribution in [3.63, 3.8) is 0 Å². The third kappa shape index (κ3) is 5.73. The van der Waals surface area contributed by atoms with Crippen LogP contribution in [0.3, 0.4) is 0 Å². The Kier molecular flexibility index (Phi) is 6.50. The number of hydrogen-bond acceptors (Lipinski definition) is 5. The van der Waals surface area contributed by atoms with Crippen LogP contribution in [0.1, 0.15) is 0 Å². The predicted molar refractivity (Wildman–Crippen MR) is 67.6 cm³/mol. The SMILES string of the molecule is COCCOCCOc1ccc(S(=O)(=O)Cl)cc1F. The summed E-state index contributed by atoms with van der Waals surface area (Å²) in [4.78, 5) is -0.310. The first kappa shape index (κ1) is 16.2. The van der Waals surface area contributed by atoms with Gasteiger partial charge in [0.1, 0.15) is 6.61 Å². The summed E-state index contributed by atoms with van der Waals surface area (Å²) in [5, 5.41) is 0. The lowest BCUT2D eigenvalue weighted by Gasteiger charge is -2.08. The molecule has 0 radical (unpaired) electrons. The minimum Gasteiger partial charge on any atom is -0.488 e. The molecule has 1 rings (SSSR count). The molecule has 0 saturated heterocycles. The van der Waals surface area contributed by atoms with Crippen LogP contribution in [0.2, 0.25) is 0 Å². The molecule has 0 aliphatic rings. The average molecular weight is 313 g/mol. The maximum Gasteiger partial charge on any atom is 0.261 e. The molecule has 0 amide bonds. The molecule has 0 bridgehead atoms. The van der Waals surface area contributed by atoms with Gasteiger partial charge in [0.25, 0.3) is 9.05 Å². The van der Waals surface area contributed by atoms with Crippen LogP contribution in [0, 0.1) is 5.82 Å². The van der Waals surface area contributed by atoms with Gasteiger partial charge in [-0.2, -0.15) is 0 Å². The van der Waals surface area contributed by atoms with Gasteiger partial charge in [-0.1, -0.05) is 0 Å². The van der Waals surface area contributed by atoms with Gasteiger partial charge in [0.15, 0.2) is 11.6 Å². The summed E-state index contributed by atoms with van der Waals surface area (Å²) in [6.45, 7) is 1.31. The molecule has 0 aliphatic carbocycles. The number of hydrogen-bond donors (Lipinski definition) is 0. The van der Waals surface area contributed by atoms with E-state index in [1.807, 2.05) is 0 Å². The van der Waals surface area contributed by atoms with Crippen LogP contribution >= 0.6 is 10.7 Å². The molecule has 0 aliphatic heterocycles. The van der Waals surface area contributed by atoms with E-state index in [4.69, 9.17) is 24.9 Å². The first-order valence-corrected chi connectivity index (χ1v) is 7.70. The fraction of sp³-hybridized carbons (Fsp3) is 0.455. The number of benzene rings is 1. The van der Waals surface area contributed by atoms with E-state index in [9.17, 15) is 12.8 Å². The van der Waals surface area contributed by atoms with Gasteiger partial charge in [0, 0.05) is 17.8 Å². The Morgan fingerprint density at radius 3 is 2.47 bits per heavy atom. The highest BCUT2D eigenvalue weighted by Gasteiger charge is 2.13. The Morgan fingerprint density at radius 2 is 1.89 bits per heavy atom. The Bertz CT molecular complexity index is 506. The molecule has 1 aromatic carbocycles. The van der Waals surface area contributed by atoms with E-state index in [2.05, 4.69) is 0 Å². The highest BCUT2D eigenvalue weighted by Crippen LogP contribution is 2.23. The Hall–Kier alpha value is -0.890. The second-order valence-corrected chi connectivity index (χ2v) is 6.05. The van der Waals surface area contributed by atoms with E-state index in [1.165, 1.54) is 12.1 Å². The van der Waals surface area contributed by atoms with Crippen molar-refractivity contribution in [2.45, 2.75) is 4.90 Å². The van der Waals surface area contributed by atoms with Crippen molar-refractivity contribution in [3.8, 4) is 5.75 Å². The molecule has 0 saturated carbocycles. The molecule has 0 fully saturated rings. The molecule has 5 nitrogen and oxygen atoms in total. The van der Waals surface area contributed by atoms with Gasteiger partial charge in [-0.3, -0.25) is 0 Å². The predicted octanol–water partition coefficient (Wildman–Crippen LogP) is 1.80. The largest absolute Gasteiger partial charge is 0.488 e. The molecular formula is C11H14ClFO5S. The molecule has 8 heteroatoms. The summed E-state index contributed by atoms with van der Waals surface area (Å²) in [6, 6.07) is 3.19. The third-order valence-electron chi connectivity index (χ3n) is 2.10. The average Bonchev–Trinajstić information content (AvgIpc) is 2.34. The number of halogens is 2. The highest BCUT2D eigenvalue weighted by atomic mass is 35.7. The second-order valence-electron chi connectivity index (χ2n) is 3.48. The van der Waals surface area contributed by atoms with E-state index in [1.54, 1.807) is 7.11 Å². The fourth-order valence-electron chi connectivity index (χ4n) is 1.21. The Morgan fingerprint density at radius 1 is 1.21 bits per heavy atom. The van der Waals surface area contributed by atoms with Crippen molar-refractivity contribution in [1.29, 1.82) is 0 Å². The lowest BCUT2D eigenvalue weighted by atomic mass is 10.3. The highest BCUT2D eigenvalue weighted by molar-refractivity contribution is 8.13. The second kappa shape index (κ2) is 7.64. The number of ether oxygens (including phenoxy) is 3. The van der Waals surface area contributed by atoms with Crippen LogP contribution in [-0.2, 0) is 18.5 Å². The Balaban J connectivity index is 2.47. The molecule has 0 heterocycles. The zero-order chi connectivity index (χ0) is 14.3. The maximum atomic E-state index is 13.5. The van der Waals surface area contributed by atoms with E-state index < -0.39 is 14.9 Å². The molecule has 1 aromatic rings. The summed E-state index contributed by atoms with van der Waals surface area (Å²) < 4.78 is 50.5. The molecule has 0 spiro atoms. The van der Waals surface area contributed by atoms with Gasteiger partial charge in [-0.25, -0.2) is 12.8 Å². The van der Waals surface area contributed by atoms with E-state index in [-0.39, 0.29) is 23.9 Å². The van der Waals surface area contributed by atoms with E-state index >= 15 is 0 Å². The lowest BCUT2D eigenvalue weighted by Crippen LogP contribution is -2.10. The molecule has 0 unspecified atom stereocenters. The minimum atomic E-state index is -3.94. The minimum absolute atomic E-state index is 0.0561. The van der Waals surface area contributed by atoms with Crippen molar-refractivity contribution in [2.24, 2.45) is 0 Å². The van der Waals surface area contributed by atoms with E-state index in [0.717, 1.165) is 6.07 Å². The summed E-state index contributed by atoms with van der Waals surface area (Å²) >= 11 is 0. The molecule has 108 valence electrons. The summed E-state index contributed by atoms with van der Waals surface area (Å²) in [7, 11) is 2.71. The number of methoxy groups -OCH3 is 1. The third-order valence-corrected chi connectivity index (χ3v) is 3.45. The van der Waals surface area contributed by atoms with Crippen LogP contribution in [0.4, 0.5) is 4.39 Å². The van der Waals surface area contributed by atoms with Crippen molar-refractivity contribution in [3.05, 3.63) is 24.0 Å². The molecule has 0 N–H and O–H groups in total. The molecular weight excluding hydrogens is 299 g/mol. The first-order valence-electron chi connectivity index (χ1n) is 5.39. The van der Waals surface area contributed by atoms with Gasteiger partial charge >= 0.3 is 0 Å². The van der Waals surface area contributed by atoms with Crippen molar-refractivity contribution in [2.75, 3.05) is 33.5 Å². The summed E-state index contributed by atoms with van der Waals surface area (Å²) in [6.07, 6.45) is 0. The van der Waals surface area contributed by atoms with Gasteiger partial charge < -0.3 is 14.2 Å². The monoisotopic (exact) mass is 312 g/mol. The summed E-state index contributed by atoms with van der Waals surface area (Å²) in [5.74, 6) is -0.849. The van der Waals surface area contributed by atoms with E-state index in [0.29, 0.717) is 13.2 Å². The van der Waals surface area contributed by atoms with Crippen LogP contribution in [0.25, 0.3) is 0 Å². The molecule has 19 heavy (non-hydrogen) atoms. The smallest absolute Gasteiger partial charge is 0.261 e. The van der Waals surface area contributed by atoms with Gasteiger partial charge in [0.2, 0.25) is 0 Å². The van der Waals surface area contributed by atoms with Crippen LogP contribution in [0.5, 0.6) is 5.75 Å². The quantitative estimate of drug-likeness (QED) is 0.541. The first-order chi connectivity index (χ1) is 8.95. The van der Waals surface area contributed by atoms with Crippen LogP contribution < -0.4 is 4.74 Å². The van der Waals surface area contributed by atoms with Crippen LogP contribution in [-0.4, -0.2) is 42.0 Å². The standard InChI is InChI=1S/C11H14ClFO5S/c1-16-4-5-17-6-7-18-11-3-2-9(8-10(11)13)19(12,14)15/h2-3,8H,4-7H2,1H3. The topological polar surface area (TPSA) is 61.8 Å². The fourth-order valence-corrected chi connectivity index (χ4v) is 1.97. The zero-order valence-electron chi connectivity index (χ0n) is 10.3. The normalized spacial score (nSPS) is 11.5. The van der Waals surface area contributed by atoms with Crippen LogP contribution in [0.15, 0.2) is 23.1 Å². The van der Waals surface area contributed by atoms with Crippen molar-refractivity contribution in [1.82, 2.24) is 0 Å². The van der Waals surface area contributed by atoms with Crippen molar-refractivity contribution >= 4 is 19.7 Å². The number of rotatable bonds is 8. The lowest BCUT2D eigenvalue weighted by molar-refractivity contribution is 0.0538. The van der Waals surface area contributed by atoms with Gasteiger partial charge in [-0.15, -0.1) is 0 Å². The Labute approximate surface area is 115 Å². The molecule has 0 atom stereocenters. The summed E-state index contributed by atoms with van der Waals surface area (Å²) in [5.41, 5.74) is 0. The van der Waals surface area contributed by atoms with Gasteiger partial charge in [0.05, 0.1) is 24.7 Å². The van der Waals surface area contributed by atoms with Gasteiger partial charge in [-0.05, 0) is 18.2 Å². The zero-order valence-corrected chi connectivity index (χ0v) is 11.8. The molecule has 0 aromatic heterocycles. The van der Waals surface area contributed by atoms with Crippen molar-refractivity contribution < 1.29 is 27.0 Å². The maximum absolute atomic E-state index is 13.5.